The molecule has 7 nitrogen and oxygen atoms in total. The number of aromatic nitrogens is 3. The van der Waals surface area contributed by atoms with Crippen LogP contribution in [-0.4, -0.2) is 33.4 Å². The first-order valence-corrected chi connectivity index (χ1v) is 14.2. The minimum Gasteiger partial charge on any atom is -0.493 e. The van der Waals surface area contributed by atoms with Crippen molar-refractivity contribution in [2.24, 2.45) is 0 Å². The van der Waals surface area contributed by atoms with Gasteiger partial charge in [0.2, 0.25) is 23.2 Å². The largest absolute Gasteiger partial charge is 0.493 e. The van der Waals surface area contributed by atoms with E-state index in [1.165, 1.54) is 0 Å². The Hall–Kier alpha value is -3.65. The molecule has 38 heavy (non-hydrogen) atoms. The van der Waals surface area contributed by atoms with Crippen molar-refractivity contribution in [1.82, 2.24) is 15.2 Å². The fourth-order valence-corrected chi connectivity index (χ4v) is 5.45. The molecule has 8 heteroatoms. The van der Waals surface area contributed by atoms with Gasteiger partial charge in [-0.05, 0) is 35.7 Å². The van der Waals surface area contributed by atoms with Gasteiger partial charge in [-0.2, -0.15) is 4.98 Å². The Morgan fingerprint density at radius 3 is 2.61 bits per heavy atom. The van der Waals surface area contributed by atoms with Crippen LogP contribution in [0.25, 0.3) is 22.0 Å². The average molecular weight is 529 g/mol. The minimum atomic E-state index is -0.817. The summed E-state index contributed by atoms with van der Waals surface area (Å²) in [4.78, 5) is 19.8. The van der Waals surface area contributed by atoms with Gasteiger partial charge in [0.25, 0.3) is 0 Å². The number of fused-ring (bicyclic) bond motifs is 4. The van der Waals surface area contributed by atoms with Crippen molar-refractivity contribution < 1.29 is 14.3 Å². The number of hydrogen-bond donors (Lipinski definition) is 0. The van der Waals surface area contributed by atoms with Crippen LogP contribution in [0.3, 0.4) is 0 Å². The van der Waals surface area contributed by atoms with Crippen LogP contribution in [0.2, 0.25) is 0 Å². The molecule has 1 aliphatic rings. The second kappa shape index (κ2) is 11.8. The molecule has 4 aromatic rings. The number of ether oxygens (including phenoxy) is 2. The number of benzene rings is 3. The first-order chi connectivity index (χ1) is 18.6. The van der Waals surface area contributed by atoms with Gasteiger partial charge in [-0.25, -0.2) is 0 Å². The normalized spacial score (nSPS) is 14.4. The van der Waals surface area contributed by atoms with Crippen LogP contribution in [0.1, 0.15) is 58.2 Å². The number of nitrogens with zero attached hydrogens (tertiary/aromatic N) is 4. The number of unbranched alkanes of at least 4 members (excludes halogenated alkanes) is 2. The summed E-state index contributed by atoms with van der Waals surface area (Å²) in [6.07, 6.45) is 3.28. The summed E-state index contributed by atoms with van der Waals surface area (Å²) in [5, 5.41) is 11.5. The molecule has 1 aromatic heterocycles. The first kappa shape index (κ1) is 26.0. The highest BCUT2D eigenvalue weighted by Crippen LogP contribution is 2.46. The molecule has 0 N–H and O–H groups in total. The Bertz CT molecular complexity index is 1440. The second-order valence-electron chi connectivity index (χ2n) is 9.23. The Morgan fingerprint density at radius 2 is 1.79 bits per heavy atom. The first-order valence-electron chi connectivity index (χ1n) is 13.2. The van der Waals surface area contributed by atoms with Gasteiger partial charge < -0.3 is 9.47 Å². The van der Waals surface area contributed by atoms with E-state index in [-0.39, 0.29) is 5.91 Å². The number of hydrogen-bond acceptors (Lipinski definition) is 7. The van der Waals surface area contributed by atoms with Crippen LogP contribution < -0.4 is 14.4 Å². The van der Waals surface area contributed by atoms with Crippen LogP contribution in [0, 0.1) is 0 Å². The van der Waals surface area contributed by atoms with Crippen LogP contribution in [0.4, 0.5) is 5.69 Å². The minimum absolute atomic E-state index is 0.159. The number of thioether (sulfide) groups is 1. The number of anilines is 1. The molecule has 0 radical (unpaired) electrons. The third-order valence-electron chi connectivity index (χ3n) is 6.51. The lowest BCUT2D eigenvalue weighted by Crippen LogP contribution is -2.36. The summed E-state index contributed by atoms with van der Waals surface area (Å²) in [7, 11) is 0. The highest BCUT2D eigenvalue weighted by atomic mass is 32.2. The van der Waals surface area contributed by atoms with Crippen molar-refractivity contribution >= 4 is 34.1 Å². The zero-order valence-electron chi connectivity index (χ0n) is 22.0. The Kier molecular flexibility index (Phi) is 8.08. The standard InChI is InChI=1S/C30H32N4O3S/c1-4-6-18-36-25-17-16-21-12-8-9-13-22(21)26(25)29-34(20(3)35)24-15-11-10-14-23(24)27-28(37-29)31-30(33-32-27)38-19-7-5-2/h8-17,29H,4-7,18-19H2,1-3H3. The predicted molar refractivity (Wildman–Crippen MR) is 152 cm³/mol. The van der Waals surface area contributed by atoms with Gasteiger partial charge in [-0.1, -0.05) is 87.0 Å². The molecule has 1 unspecified atom stereocenters. The van der Waals surface area contributed by atoms with Crippen molar-refractivity contribution in [3.8, 4) is 22.9 Å². The van der Waals surface area contributed by atoms with E-state index in [1.54, 1.807) is 23.6 Å². The van der Waals surface area contributed by atoms with Crippen molar-refractivity contribution in [2.45, 2.75) is 57.8 Å². The van der Waals surface area contributed by atoms with Crippen LogP contribution >= 0.6 is 11.8 Å². The van der Waals surface area contributed by atoms with E-state index in [2.05, 4.69) is 30.1 Å². The molecule has 1 atom stereocenters. The zero-order chi connectivity index (χ0) is 26.5. The molecular weight excluding hydrogens is 496 g/mol. The topological polar surface area (TPSA) is 77.4 Å². The zero-order valence-corrected chi connectivity index (χ0v) is 22.8. The third kappa shape index (κ3) is 5.18. The lowest BCUT2D eigenvalue weighted by Gasteiger charge is -2.31. The van der Waals surface area contributed by atoms with Crippen molar-refractivity contribution in [2.75, 3.05) is 17.3 Å². The molecule has 0 spiro atoms. The van der Waals surface area contributed by atoms with Gasteiger partial charge in [0.15, 0.2) is 5.69 Å². The van der Waals surface area contributed by atoms with Gasteiger partial charge in [0, 0.05) is 18.2 Å². The van der Waals surface area contributed by atoms with E-state index in [0.717, 1.165) is 53.3 Å². The summed E-state index contributed by atoms with van der Waals surface area (Å²) in [6.45, 7) is 6.41. The van der Waals surface area contributed by atoms with Crippen LogP contribution in [-0.2, 0) is 4.79 Å². The maximum atomic E-state index is 13.3. The summed E-state index contributed by atoms with van der Waals surface area (Å²) in [5.41, 5.74) is 2.75. The van der Waals surface area contributed by atoms with E-state index in [4.69, 9.17) is 14.5 Å². The fraction of sp³-hybridized carbons (Fsp3) is 0.333. The quantitative estimate of drug-likeness (QED) is 0.168. The monoisotopic (exact) mass is 528 g/mol. The smallest absolute Gasteiger partial charge is 0.247 e. The van der Waals surface area contributed by atoms with Gasteiger partial charge in [0.1, 0.15) is 5.75 Å². The van der Waals surface area contributed by atoms with Gasteiger partial charge >= 0.3 is 0 Å². The highest BCUT2D eigenvalue weighted by Gasteiger charge is 2.37. The molecule has 0 saturated carbocycles. The van der Waals surface area contributed by atoms with E-state index in [9.17, 15) is 4.79 Å². The number of carbonyl (C=O) groups excluding carboxylic acids is 1. The fourth-order valence-electron chi connectivity index (χ4n) is 4.59. The number of para-hydroxylation sites is 1. The molecule has 0 saturated heterocycles. The van der Waals surface area contributed by atoms with Gasteiger partial charge in [-0.15, -0.1) is 10.2 Å². The van der Waals surface area contributed by atoms with Crippen molar-refractivity contribution in [3.05, 3.63) is 66.2 Å². The molecule has 1 aliphatic heterocycles. The summed E-state index contributed by atoms with van der Waals surface area (Å²) < 4.78 is 13.0. The van der Waals surface area contributed by atoms with Gasteiger partial charge in [-0.3, -0.25) is 9.69 Å². The van der Waals surface area contributed by atoms with Gasteiger partial charge in [0.05, 0.1) is 17.9 Å². The Balaban J connectivity index is 1.72. The molecule has 0 fully saturated rings. The molecule has 0 aliphatic carbocycles. The maximum absolute atomic E-state index is 13.3. The van der Waals surface area contributed by atoms with E-state index >= 15 is 0 Å². The number of rotatable bonds is 9. The lowest BCUT2D eigenvalue weighted by molar-refractivity contribution is -0.118. The molecular formula is C30H32N4O3S. The molecule has 196 valence electrons. The number of amides is 1. The SMILES string of the molecule is CCCCOc1ccc2ccccc2c1C1Oc2nc(SCCCC)nnc2-c2ccccc2N1C(C)=O. The van der Waals surface area contributed by atoms with Crippen LogP contribution in [0.5, 0.6) is 11.6 Å². The summed E-state index contributed by atoms with van der Waals surface area (Å²) >= 11 is 1.56. The predicted octanol–water partition coefficient (Wildman–Crippen LogP) is 7.21. The molecule has 2 heterocycles. The molecule has 3 aromatic carbocycles. The molecule has 0 bridgehead atoms. The molecule has 1 amide bonds. The lowest BCUT2D eigenvalue weighted by atomic mass is 10.0. The average Bonchev–Trinajstić information content (AvgIpc) is 3.07. The van der Waals surface area contributed by atoms with E-state index < -0.39 is 6.23 Å². The van der Waals surface area contributed by atoms with Crippen molar-refractivity contribution in [3.63, 3.8) is 0 Å². The van der Waals surface area contributed by atoms with Crippen molar-refractivity contribution in [1.29, 1.82) is 0 Å². The second-order valence-corrected chi connectivity index (χ2v) is 10.3. The maximum Gasteiger partial charge on any atom is 0.247 e. The highest BCUT2D eigenvalue weighted by molar-refractivity contribution is 7.99. The summed E-state index contributed by atoms with van der Waals surface area (Å²) in [5.74, 6) is 1.78. The van der Waals surface area contributed by atoms with E-state index in [0.29, 0.717) is 34.8 Å². The Labute approximate surface area is 227 Å². The third-order valence-corrected chi connectivity index (χ3v) is 7.44. The number of carbonyl (C=O) groups is 1. The van der Waals surface area contributed by atoms with E-state index in [1.807, 2.05) is 54.6 Å². The van der Waals surface area contributed by atoms with Crippen LogP contribution in [0.15, 0.2) is 65.8 Å². The Morgan fingerprint density at radius 1 is 1.00 bits per heavy atom. The molecule has 5 rings (SSSR count). The summed E-state index contributed by atoms with van der Waals surface area (Å²) in [6, 6.07) is 19.8.